The van der Waals surface area contributed by atoms with Crippen LogP contribution < -0.4 is 0 Å². The second-order valence-corrected chi connectivity index (χ2v) is 1.03. The van der Waals surface area contributed by atoms with E-state index in [-0.39, 0.29) is 0 Å². The Bertz CT molecular complexity index is 159. The van der Waals surface area contributed by atoms with E-state index in [0.29, 0.717) is 0 Å². The van der Waals surface area contributed by atoms with Gasteiger partial charge in [-0.2, -0.15) is 10.5 Å². The Labute approximate surface area is 45.6 Å². The van der Waals surface area contributed by atoms with Crippen molar-refractivity contribution in [3.8, 4) is 12.1 Å². The average Bonchev–Trinajstić information content (AvgIpc) is 1.69. The van der Waals surface area contributed by atoms with Crippen molar-refractivity contribution >= 4 is 5.97 Å². The summed E-state index contributed by atoms with van der Waals surface area (Å²) >= 11 is 0. The van der Waals surface area contributed by atoms with E-state index in [0.717, 1.165) is 0 Å². The van der Waals surface area contributed by atoms with Crippen LogP contribution >= 0.6 is 0 Å². The first kappa shape index (κ1) is 6.45. The van der Waals surface area contributed by atoms with Gasteiger partial charge in [-0.15, -0.1) is 0 Å². The van der Waals surface area contributed by atoms with Gasteiger partial charge in [0.25, 0.3) is 0 Å². The van der Waals surface area contributed by atoms with Gasteiger partial charge in [0.2, 0.25) is 5.92 Å². The maximum absolute atomic E-state index is 9.72. The van der Waals surface area contributed by atoms with Gasteiger partial charge in [-0.25, -0.2) is 4.79 Å². The maximum Gasteiger partial charge on any atom is 0.335 e. The summed E-state index contributed by atoms with van der Waals surface area (Å²) in [4.78, 5) is 9.72. The first-order chi connectivity index (χ1) is 3.72. The molecule has 0 amide bonds. The third-order valence-corrected chi connectivity index (χ3v) is 0.505. The Morgan fingerprint density at radius 3 is 1.88 bits per heavy atom. The van der Waals surface area contributed by atoms with Crippen molar-refractivity contribution in [3.63, 3.8) is 0 Å². The van der Waals surface area contributed by atoms with Gasteiger partial charge in [-0.3, -0.25) is 0 Å². The second-order valence-electron chi connectivity index (χ2n) is 1.03. The van der Waals surface area contributed by atoms with Gasteiger partial charge in [0, 0.05) is 0 Å². The molecule has 0 aliphatic heterocycles. The van der Waals surface area contributed by atoms with Crippen molar-refractivity contribution in [2.24, 2.45) is 5.92 Å². The molecule has 40 valence electrons. The number of carboxylic acid groups (broad SMARTS) is 1. The molecular formula is C4H2N2O2. The molecule has 0 spiro atoms. The van der Waals surface area contributed by atoms with Gasteiger partial charge in [0.1, 0.15) is 0 Å². The van der Waals surface area contributed by atoms with Gasteiger partial charge in [0.15, 0.2) is 0 Å². The Kier molecular flexibility index (Phi) is 2.09. The fourth-order valence-corrected chi connectivity index (χ4v) is 0.139. The molecule has 4 heteroatoms. The molecule has 1 N–H and O–H groups in total. The lowest BCUT2D eigenvalue weighted by Crippen LogP contribution is -2.07. The quantitative estimate of drug-likeness (QED) is 0.503. The van der Waals surface area contributed by atoms with E-state index in [1.807, 2.05) is 0 Å². The molecule has 0 aromatic carbocycles. The first-order valence-electron chi connectivity index (χ1n) is 1.74. The zero-order valence-electron chi connectivity index (χ0n) is 3.83. The molecule has 4 nitrogen and oxygen atoms in total. The molecule has 0 fully saturated rings. The largest absolute Gasteiger partial charge is 0.479 e. The van der Waals surface area contributed by atoms with E-state index < -0.39 is 11.9 Å². The standard InChI is InChI=1S/C4H2N2O2/c5-1-3(2-6)4(7)8/h3H,(H,7,8). The highest BCUT2D eigenvalue weighted by molar-refractivity contribution is 5.75. The lowest BCUT2D eigenvalue weighted by molar-refractivity contribution is -0.138. The minimum atomic E-state index is -1.52. The molecule has 0 bridgehead atoms. The van der Waals surface area contributed by atoms with Crippen molar-refractivity contribution in [1.29, 1.82) is 10.5 Å². The Morgan fingerprint density at radius 1 is 1.50 bits per heavy atom. The van der Waals surface area contributed by atoms with Crippen LogP contribution in [0.25, 0.3) is 0 Å². The highest BCUT2D eigenvalue weighted by Crippen LogP contribution is 1.88. The molecule has 0 atom stereocenters. The number of hydrogen-bond donors (Lipinski definition) is 1. The van der Waals surface area contributed by atoms with Crippen molar-refractivity contribution in [2.45, 2.75) is 0 Å². The fraction of sp³-hybridized carbons (Fsp3) is 0.250. The minimum absolute atomic E-state index is 1.29. The molecule has 0 saturated heterocycles. The number of carbonyl (C=O) groups is 1. The monoisotopic (exact) mass is 110 g/mol. The smallest absolute Gasteiger partial charge is 0.335 e. The Morgan fingerprint density at radius 2 is 1.88 bits per heavy atom. The van der Waals surface area contributed by atoms with Gasteiger partial charge in [-0.05, 0) is 0 Å². The maximum atomic E-state index is 9.72. The lowest BCUT2D eigenvalue weighted by atomic mass is 10.2. The van der Waals surface area contributed by atoms with Crippen molar-refractivity contribution in [3.05, 3.63) is 0 Å². The summed E-state index contributed by atoms with van der Waals surface area (Å²) in [6.45, 7) is 0. The predicted octanol–water partition coefficient (Wildman–Crippen LogP) is -0.266. The van der Waals surface area contributed by atoms with Crippen LogP contribution in [-0.2, 0) is 4.79 Å². The third kappa shape index (κ3) is 1.27. The molecule has 0 unspecified atom stereocenters. The molecule has 0 aliphatic rings. The van der Waals surface area contributed by atoms with E-state index >= 15 is 0 Å². The zero-order chi connectivity index (χ0) is 6.57. The SMILES string of the molecule is N#CC(C#N)C(=O)O. The second kappa shape index (κ2) is 2.59. The fourth-order valence-electron chi connectivity index (χ4n) is 0.139. The minimum Gasteiger partial charge on any atom is -0.479 e. The topological polar surface area (TPSA) is 84.9 Å². The van der Waals surface area contributed by atoms with E-state index in [1.54, 1.807) is 0 Å². The summed E-state index contributed by atoms with van der Waals surface area (Å²) in [5.41, 5.74) is 0. The van der Waals surface area contributed by atoms with Gasteiger partial charge in [-0.1, -0.05) is 0 Å². The van der Waals surface area contributed by atoms with Crippen LogP contribution in [-0.4, -0.2) is 11.1 Å². The molecule has 0 aromatic heterocycles. The van der Waals surface area contributed by atoms with E-state index in [4.69, 9.17) is 15.6 Å². The van der Waals surface area contributed by atoms with E-state index in [2.05, 4.69) is 0 Å². The first-order valence-corrected chi connectivity index (χ1v) is 1.74. The molecule has 0 aliphatic carbocycles. The van der Waals surface area contributed by atoms with Crippen LogP contribution in [0.3, 0.4) is 0 Å². The molecule has 0 radical (unpaired) electrons. The average molecular weight is 110 g/mol. The number of aliphatic carboxylic acids is 1. The normalized spacial score (nSPS) is 7.38. The molecule has 0 aromatic rings. The number of nitrogens with zero attached hydrogens (tertiary/aromatic N) is 2. The van der Waals surface area contributed by atoms with Crippen LogP contribution in [0.15, 0.2) is 0 Å². The highest BCUT2D eigenvalue weighted by atomic mass is 16.4. The van der Waals surface area contributed by atoms with Crippen molar-refractivity contribution < 1.29 is 9.90 Å². The summed E-state index contributed by atoms with van der Waals surface area (Å²) in [6, 6.07) is 2.58. The van der Waals surface area contributed by atoms with Crippen LogP contribution in [0.1, 0.15) is 0 Å². The number of rotatable bonds is 1. The molecule has 0 heterocycles. The van der Waals surface area contributed by atoms with Crippen LogP contribution in [0.4, 0.5) is 0 Å². The molecule has 0 rings (SSSR count). The van der Waals surface area contributed by atoms with Crippen LogP contribution in [0, 0.1) is 28.6 Å². The third-order valence-electron chi connectivity index (χ3n) is 0.505. The summed E-state index contributed by atoms with van der Waals surface area (Å²) in [5.74, 6) is -2.91. The summed E-state index contributed by atoms with van der Waals surface area (Å²) in [6.07, 6.45) is 0. The number of carboxylic acids is 1. The van der Waals surface area contributed by atoms with Gasteiger partial charge in [0.05, 0.1) is 12.1 Å². The summed E-state index contributed by atoms with van der Waals surface area (Å²) < 4.78 is 0. The van der Waals surface area contributed by atoms with Crippen LogP contribution in [0.2, 0.25) is 0 Å². The predicted molar refractivity (Wildman–Crippen MR) is 22.4 cm³/mol. The lowest BCUT2D eigenvalue weighted by Gasteiger charge is -1.83. The molecule has 8 heavy (non-hydrogen) atoms. The summed E-state index contributed by atoms with van der Waals surface area (Å²) in [7, 11) is 0. The highest BCUT2D eigenvalue weighted by Gasteiger charge is 2.13. The van der Waals surface area contributed by atoms with Gasteiger partial charge < -0.3 is 5.11 Å². The van der Waals surface area contributed by atoms with Crippen LogP contribution in [0.5, 0.6) is 0 Å². The van der Waals surface area contributed by atoms with Crippen molar-refractivity contribution in [1.82, 2.24) is 0 Å². The molecular weight excluding hydrogens is 108 g/mol. The number of hydrogen-bond acceptors (Lipinski definition) is 3. The Hall–Kier alpha value is -1.55. The Balaban J connectivity index is 4.02. The van der Waals surface area contributed by atoms with E-state index in [9.17, 15) is 4.79 Å². The van der Waals surface area contributed by atoms with E-state index in [1.165, 1.54) is 12.1 Å². The van der Waals surface area contributed by atoms with Crippen molar-refractivity contribution in [2.75, 3.05) is 0 Å². The summed E-state index contributed by atoms with van der Waals surface area (Å²) in [5, 5.41) is 23.6. The molecule has 0 saturated carbocycles. The number of nitriles is 2. The van der Waals surface area contributed by atoms with Gasteiger partial charge >= 0.3 is 5.97 Å². The zero-order valence-corrected chi connectivity index (χ0v) is 3.83.